The molecule has 0 spiro atoms. The van der Waals surface area contributed by atoms with Gasteiger partial charge in [-0.1, -0.05) is 27.7 Å². The fourth-order valence-corrected chi connectivity index (χ4v) is 3.65. The van der Waals surface area contributed by atoms with Crippen molar-refractivity contribution in [1.82, 2.24) is 20.1 Å². The average Bonchev–Trinajstić information content (AvgIpc) is 2.65. The van der Waals surface area contributed by atoms with Gasteiger partial charge in [0.15, 0.2) is 5.65 Å². The smallest absolute Gasteiger partial charge is 0.157 e. The molecule has 114 valence electrons. The van der Waals surface area contributed by atoms with Crippen molar-refractivity contribution in [3.8, 4) is 0 Å². The SMILES string of the molecule is Cc1nn(C)c2ncc(CNCC3C(C)(C)C3(C)C)cc12. The number of hydrogen-bond donors (Lipinski definition) is 1. The highest BCUT2D eigenvalue weighted by molar-refractivity contribution is 5.78. The molecular formula is C17H26N4. The normalized spacial score (nSPS) is 20.1. The molecule has 0 radical (unpaired) electrons. The van der Waals surface area contributed by atoms with Gasteiger partial charge in [-0.3, -0.25) is 4.68 Å². The third-order valence-electron chi connectivity index (χ3n) is 5.92. The Morgan fingerprint density at radius 3 is 2.52 bits per heavy atom. The van der Waals surface area contributed by atoms with Gasteiger partial charge in [0.1, 0.15) is 0 Å². The summed E-state index contributed by atoms with van der Waals surface area (Å²) >= 11 is 0. The van der Waals surface area contributed by atoms with E-state index in [4.69, 9.17) is 0 Å². The van der Waals surface area contributed by atoms with Crippen molar-refractivity contribution < 1.29 is 0 Å². The number of fused-ring (bicyclic) bond motifs is 1. The van der Waals surface area contributed by atoms with Crippen molar-refractivity contribution in [2.75, 3.05) is 6.54 Å². The Morgan fingerprint density at radius 1 is 1.24 bits per heavy atom. The second-order valence-electron chi connectivity index (χ2n) is 7.55. The number of nitrogens with one attached hydrogen (secondary N) is 1. The van der Waals surface area contributed by atoms with Crippen LogP contribution in [0, 0.1) is 23.7 Å². The summed E-state index contributed by atoms with van der Waals surface area (Å²) in [5, 5.41) is 9.18. The fraction of sp³-hybridized carbons (Fsp3) is 0.647. The van der Waals surface area contributed by atoms with Crippen LogP contribution < -0.4 is 5.32 Å². The van der Waals surface area contributed by atoms with Gasteiger partial charge in [-0.2, -0.15) is 5.10 Å². The van der Waals surface area contributed by atoms with Gasteiger partial charge < -0.3 is 5.32 Å². The summed E-state index contributed by atoms with van der Waals surface area (Å²) in [6.45, 7) is 13.5. The number of aryl methyl sites for hydroxylation is 2. The van der Waals surface area contributed by atoms with Crippen molar-refractivity contribution in [2.24, 2.45) is 23.8 Å². The van der Waals surface area contributed by atoms with E-state index in [1.54, 1.807) is 0 Å². The minimum absolute atomic E-state index is 0.447. The van der Waals surface area contributed by atoms with Gasteiger partial charge in [0, 0.05) is 25.2 Å². The van der Waals surface area contributed by atoms with Crippen molar-refractivity contribution in [3.05, 3.63) is 23.5 Å². The van der Waals surface area contributed by atoms with Gasteiger partial charge in [0.05, 0.1) is 5.69 Å². The summed E-state index contributed by atoms with van der Waals surface area (Å²) < 4.78 is 1.84. The van der Waals surface area contributed by atoms with Crippen LogP contribution in [-0.4, -0.2) is 21.3 Å². The molecule has 0 aliphatic heterocycles. The predicted octanol–water partition coefficient (Wildman–Crippen LogP) is 3.05. The Kier molecular flexibility index (Phi) is 3.14. The second-order valence-corrected chi connectivity index (χ2v) is 7.55. The fourth-order valence-electron chi connectivity index (χ4n) is 3.65. The molecule has 1 aliphatic rings. The van der Waals surface area contributed by atoms with Crippen LogP contribution in [0.15, 0.2) is 12.3 Å². The number of pyridine rings is 1. The minimum Gasteiger partial charge on any atom is -0.312 e. The van der Waals surface area contributed by atoms with Crippen molar-refractivity contribution >= 4 is 11.0 Å². The molecule has 1 saturated carbocycles. The monoisotopic (exact) mass is 286 g/mol. The van der Waals surface area contributed by atoms with Gasteiger partial charge >= 0.3 is 0 Å². The summed E-state index contributed by atoms with van der Waals surface area (Å²) in [5.41, 5.74) is 4.13. The molecule has 2 aromatic heterocycles. The molecule has 0 saturated heterocycles. The van der Waals surface area contributed by atoms with Crippen molar-refractivity contribution in [3.63, 3.8) is 0 Å². The lowest BCUT2D eigenvalue weighted by atomic mass is 10.0. The van der Waals surface area contributed by atoms with Gasteiger partial charge in [0.2, 0.25) is 0 Å². The van der Waals surface area contributed by atoms with E-state index in [1.807, 2.05) is 24.9 Å². The lowest BCUT2D eigenvalue weighted by Crippen LogP contribution is -2.19. The van der Waals surface area contributed by atoms with Crippen LogP contribution in [0.3, 0.4) is 0 Å². The number of rotatable bonds is 4. The Balaban J connectivity index is 1.65. The van der Waals surface area contributed by atoms with Crippen LogP contribution in [0.4, 0.5) is 0 Å². The first-order chi connectivity index (χ1) is 9.75. The van der Waals surface area contributed by atoms with Gasteiger partial charge in [-0.05, 0) is 41.8 Å². The van der Waals surface area contributed by atoms with E-state index in [9.17, 15) is 0 Å². The quantitative estimate of drug-likeness (QED) is 0.939. The van der Waals surface area contributed by atoms with Crippen molar-refractivity contribution in [1.29, 1.82) is 0 Å². The zero-order valence-electron chi connectivity index (χ0n) is 14.0. The van der Waals surface area contributed by atoms with E-state index in [0.717, 1.165) is 35.7 Å². The molecule has 2 heterocycles. The summed E-state index contributed by atoms with van der Waals surface area (Å²) in [7, 11) is 1.94. The minimum atomic E-state index is 0.447. The standard InChI is InChI=1S/C17H26N4/c1-11-13-7-12(9-19-15(13)21(6)20-11)8-18-10-14-16(2,3)17(14,4)5/h7,9,14,18H,8,10H2,1-6H3. The van der Waals surface area contributed by atoms with Crippen LogP contribution in [0.2, 0.25) is 0 Å². The van der Waals surface area contributed by atoms with Crippen LogP contribution in [-0.2, 0) is 13.6 Å². The van der Waals surface area contributed by atoms with E-state index in [-0.39, 0.29) is 0 Å². The number of nitrogens with zero attached hydrogens (tertiary/aromatic N) is 3. The highest BCUT2D eigenvalue weighted by Gasteiger charge is 2.63. The zero-order valence-corrected chi connectivity index (χ0v) is 14.0. The molecule has 1 aliphatic carbocycles. The Bertz CT molecular complexity index is 667. The molecule has 4 nitrogen and oxygen atoms in total. The molecule has 3 rings (SSSR count). The molecule has 0 amide bonds. The molecule has 1 fully saturated rings. The topological polar surface area (TPSA) is 42.7 Å². The summed E-state index contributed by atoms with van der Waals surface area (Å²) in [4.78, 5) is 4.53. The van der Waals surface area contributed by atoms with Gasteiger partial charge in [0.25, 0.3) is 0 Å². The molecule has 0 aromatic carbocycles. The second kappa shape index (κ2) is 4.54. The lowest BCUT2D eigenvalue weighted by Gasteiger charge is -2.06. The van der Waals surface area contributed by atoms with E-state index in [2.05, 4.69) is 49.2 Å². The van der Waals surface area contributed by atoms with Crippen LogP contribution in [0.25, 0.3) is 11.0 Å². The molecule has 0 bridgehead atoms. The molecule has 21 heavy (non-hydrogen) atoms. The van der Waals surface area contributed by atoms with E-state index < -0.39 is 0 Å². The highest BCUT2D eigenvalue weighted by Crippen LogP contribution is 2.67. The first kappa shape index (κ1) is 14.5. The first-order valence-electron chi connectivity index (χ1n) is 7.74. The summed E-state index contributed by atoms with van der Waals surface area (Å²) in [6, 6.07) is 2.21. The van der Waals surface area contributed by atoms with E-state index >= 15 is 0 Å². The van der Waals surface area contributed by atoms with Crippen LogP contribution >= 0.6 is 0 Å². The van der Waals surface area contributed by atoms with Gasteiger partial charge in [-0.15, -0.1) is 0 Å². The number of aromatic nitrogens is 3. The maximum absolute atomic E-state index is 4.53. The molecule has 2 aromatic rings. The largest absolute Gasteiger partial charge is 0.312 e. The zero-order chi connectivity index (χ0) is 15.4. The van der Waals surface area contributed by atoms with Gasteiger partial charge in [-0.25, -0.2) is 4.98 Å². The Morgan fingerprint density at radius 2 is 1.90 bits per heavy atom. The van der Waals surface area contributed by atoms with Crippen LogP contribution in [0.1, 0.15) is 39.0 Å². The van der Waals surface area contributed by atoms with E-state index in [0.29, 0.717) is 10.8 Å². The average molecular weight is 286 g/mol. The predicted molar refractivity (Wildman–Crippen MR) is 86.0 cm³/mol. The molecule has 4 heteroatoms. The summed E-state index contributed by atoms with van der Waals surface area (Å²) in [6.07, 6.45) is 1.96. The molecule has 0 unspecified atom stereocenters. The maximum Gasteiger partial charge on any atom is 0.157 e. The van der Waals surface area contributed by atoms with Crippen LogP contribution in [0.5, 0.6) is 0 Å². The maximum atomic E-state index is 4.53. The van der Waals surface area contributed by atoms with Crippen molar-refractivity contribution in [2.45, 2.75) is 41.2 Å². The first-order valence-corrected chi connectivity index (χ1v) is 7.74. The lowest BCUT2D eigenvalue weighted by molar-refractivity contribution is 0.457. The van der Waals surface area contributed by atoms with E-state index in [1.165, 1.54) is 5.56 Å². The Hall–Kier alpha value is -1.42. The Labute approximate surface area is 126 Å². The third kappa shape index (κ3) is 2.16. The highest BCUT2D eigenvalue weighted by atomic mass is 15.3. The third-order valence-corrected chi connectivity index (χ3v) is 5.92. The molecule has 0 atom stereocenters. The molecular weight excluding hydrogens is 260 g/mol. The number of hydrogen-bond acceptors (Lipinski definition) is 3. The summed E-state index contributed by atoms with van der Waals surface area (Å²) in [5.74, 6) is 0.752. The molecule has 1 N–H and O–H groups in total.